The van der Waals surface area contributed by atoms with Crippen molar-refractivity contribution in [2.24, 2.45) is 0 Å². The summed E-state index contributed by atoms with van der Waals surface area (Å²) in [4.78, 5) is 30.2. The zero-order chi connectivity index (χ0) is 20.4. The van der Waals surface area contributed by atoms with Crippen molar-refractivity contribution in [3.05, 3.63) is 77.1 Å². The van der Waals surface area contributed by atoms with Crippen LogP contribution >= 0.6 is 11.3 Å². The van der Waals surface area contributed by atoms with Gasteiger partial charge in [-0.1, -0.05) is 36.4 Å². The predicted molar refractivity (Wildman–Crippen MR) is 114 cm³/mol. The van der Waals surface area contributed by atoms with E-state index in [-0.39, 0.29) is 12.5 Å². The third-order valence-corrected chi connectivity index (χ3v) is 5.40. The van der Waals surface area contributed by atoms with Crippen molar-refractivity contribution in [1.82, 2.24) is 9.38 Å². The molecule has 0 spiro atoms. The maximum atomic E-state index is 13.1. The van der Waals surface area contributed by atoms with E-state index in [0.29, 0.717) is 27.6 Å². The van der Waals surface area contributed by atoms with E-state index in [2.05, 4.69) is 10.3 Å². The van der Waals surface area contributed by atoms with Gasteiger partial charge in [0.2, 0.25) is 0 Å². The van der Waals surface area contributed by atoms with Crippen LogP contribution in [0.25, 0.3) is 16.8 Å². The third kappa shape index (κ3) is 3.52. The summed E-state index contributed by atoms with van der Waals surface area (Å²) < 4.78 is 6.99. The summed E-state index contributed by atoms with van der Waals surface area (Å²) in [7, 11) is 0. The van der Waals surface area contributed by atoms with Gasteiger partial charge < -0.3 is 10.1 Å². The molecule has 0 saturated heterocycles. The second-order valence-electron chi connectivity index (χ2n) is 6.37. The summed E-state index contributed by atoms with van der Waals surface area (Å²) in [5.74, 6) is -0.786. The average Bonchev–Trinajstić information content (AvgIpc) is 3.28. The standard InChI is InChI=1S/C22H19N3O3S/c1-3-28-22(27)18-16(15-9-5-4-6-10-15)13-29-21(18)24-20(26)19-14(2)23-17-11-7-8-12-25(17)19/h4-13H,3H2,1-2H3,(H,24,26). The minimum absolute atomic E-state index is 0.253. The number of carbonyl (C=O) groups excluding carboxylic acids is 2. The number of ether oxygens (including phenoxy) is 1. The van der Waals surface area contributed by atoms with Crippen LogP contribution in [0.1, 0.15) is 33.5 Å². The van der Waals surface area contributed by atoms with E-state index in [1.807, 2.05) is 53.9 Å². The Bertz CT molecular complexity index is 1190. The van der Waals surface area contributed by atoms with Crippen LogP contribution in [-0.4, -0.2) is 27.9 Å². The van der Waals surface area contributed by atoms with Crippen molar-refractivity contribution in [2.75, 3.05) is 11.9 Å². The Morgan fingerprint density at radius 2 is 1.90 bits per heavy atom. The van der Waals surface area contributed by atoms with Crippen molar-refractivity contribution in [1.29, 1.82) is 0 Å². The number of aromatic nitrogens is 2. The van der Waals surface area contributed by atoms with Gasteiger partial charge in [-0.3, -0.25) is 9.20 Å². The van der Waals surface area contributed by atoms with Crippen LogP contribution in [0.4, 0.5) is 5.00 Å². The van der Waals surface area contributed by atoms with Crippen LogP contribution in [0.5, 0.6) is 0 Å². The van der Waals surface area contributed by atoms with E-state index < -0.39 is 5.97 Å². The number of esters is 1. The summed E-state index contributed by atoms with van der Waals surface area (Å²) in [5.41, 5.74) is 3.73. The summed E-state index contributed by atoms with van der Waals surface area (Å²) in [5, 5.41) is 5.21. The SMILES string of the molecule is CCOC(=O)c1c(-c2ccccc2)csc1NC(=O)c1c(C)nc2ccccn12. The minimum Gasteiger partial charge on any atom is -0.462 e. The molecule has 1 N–H and O–H groups in total. The van der Waals surface area contributed by atoms with Gasteiger partial charge in [-0.25, -0.2) is 9.78 Å². The number of amides is 1. The lowest BCUT2D eigenvalue weighted by Gasteiger charge is -2.09. The molecule has 0 aliphatic carbocycles. The maximum absolute atomic E-state index is 13.1. The fraction of sp³-hybridized carbons (Fsp3) is 0.136. The number of benzene rings is 1. The molecule has 3 heterocycles. The Hall–Kier alpha value is -3.45. The molecule has 0 radical (unpaired) electrons. The molecule has 4 aromatic rings. The first-order chi connectivity index (χ1) is 14.1. The van der Waals surface area contributed by atoms with Gasteiger partial charge in [-0.15, -0.1) is 11.3 Å². The Balaban J connectivity index is 1.75. The highest BCUT2D eigenvalue weighted by Gasteiger charge is 2.24. The van der Waals surface area contributed by atoms with Crippen LogP contribution in [0.3, 0.4) is 0 Å². The highest BCUT2D eigenvalue weighted by molar-refractivity contribution is 7.15. The van der Waals surface area contributed by atoms with E-state index in [4.69, 9.17) is 4.74 Å². The van der Waals surface area contributed by atoms with Gasteiger partial charge in [-0.2, -0.15) is 0 Å². The molecule has 3 aromatic heterocycles. The molecule has 0 saturated carbocycles. The molecule has 0 atom stereocenters. The highest BCUT2D eigenvalue weighted by atomic mass is 32.1. The average molecular weight is 405 g/mol. The number of hydrogen-bond donors (Lipinski definition) is 1. The lowest BCUT2D eigenvalue weighted by molar-refractivity contribution is 0.0529. The number of pyridine rings is 1. The molecule has 0 bridgehead atoms. The number of rotatable bonds is 5. The van der Waals surface area contributed by atoms with Crippen molar-refractivity contribution < 1.29 is 14.3 Å². The first-order valence-corrected chi connectivity index (χ1v) is 10.1. The molecule has 0 unspecified atom stereocenters. The fourth-order valence-corrected chi connectivity index (χ4v) is 4.19. The topological polar surface area (TPSA) is 72.7 Å². The van der Waals surface area contributed by atoms with Crippen molar-refractivity contribution in [3.8, 4) is 11.1 Å². The first kappa shape index (κ1) is 18.9. The Morgan fingerprint density at radius 1 is 1.14 bits per heavy atom. The minimum atomic E-state index is -0.460. The number of thiophene rings is 1. The lowest BCUT2D eigenvalue weighted by Crippen LogP contribution is -2.17. The van der Waals surface area contributed by atoms with Crippen LogP contribution in [0, 0.1) is 6.92 Å². The van der Waals surface area contributed by atoms with Gasteiger partial charge in [0.1, 0.15) is 21.9 Å². The summed E-state index contributed by atoms with van der Waals surface area (Å²) >= 11 is 1.30. The van der Waals surface area contributed by atoms with E-state index in [1.54, 1.807) is 24.4 Å². The van der Waals surface area contributed by atoms with E-state index in [0.717, 1.165) is 11.1 Å². The van der Waals surface area contributed by atoms with Crippen LogP contribution in [-0.2, 0) is 4.74 Å². The predicted octanol–water partition coefficient (Wildman–Crippen LogP) is 4.80. The van der Waals surface area contributed by atoms with Gasteiger partial charge in [0, 0.05) is 17.1 Å². The number of fused-ring (bicyclic) bond motifs is 1. The Kier molecular flexibility index (Phi) is 5.14. The van der Waals surface area contributed by atoms with Gasteiger partial charge in [0.05, 0.1) is 12.3 Å². The molecule has 146 valence electrons. The van der Waals surface area contributed by atoms with Gasteiger partial charge in [0.25, 0.3) is 5.91 Å². The Labute approximate surface area is 171 Å². The second-order valence-corrected chi connectivity index (χ2v) is 7.25. The van der Waals surface area contributed by atoms with Crippen molar-refractivity contribution in [3.63, 3.8) is 0 Å². The molecule has 7 heteroatoms. The van der Waals surface area contributed by atoms with Crippen molar-refractivity contribution in [2.45, 2.75) is 13.8 Å². The molecule has 0 aliphatic rings. The van der Waals surface area contributed by atoms with Gasteiger partial charge in [0.15, 0.2) is 0 Å². The zero-order valence-corrected chi connectivity index (χ0v) is 16.8. The smallest absolute Gasteiger partial charge is 0.341 e. The van der Waals surface area contributed by atoms with E-state index >= 15 is 0 Å². The van der Waals surface area contributed by atoms with Crippen LogP contribution < -0.4 is 5.32 Å². The molecule has 4 rings (SSSR count). The van der Waals surface area contributed by atoms with Crippen molar-refractivity contribution >= 4 is 33.9 Å². The molecular formula is C22H19N3O3S. The van der Waals surface area contributed by atoms with Gasteiger partial charge >= 0.3 is 5.97 Å². The number of hydrogen-bond acceptors (Lipinski definition) is 5. The van der Waals surface area contributed by atoms with Crippen LogP contribution in [0.15, 0.2) is 60.1 Å². The van der Waals surface area contributed by atoms with Crippen LogP contribution in [0.2, 0.25) is 0 Å². The van der Waals surface area contributed by atoms with Gasteiger partial charge in [-0.05, 0) is 31.5 Å². The number of anilines is 1. The van der Waals surface area contributed by atoms with E-state index in [1.165, 1.54) is 11.3 Å². The second kappa shape index (κ2) is 7.89. The molecule has 1 amide bonds. The zero-order valence-electron chi connectivity index (χ0n) is 16.0. The number of aryl methyl sites for hydroxylation is 1. The Morgan fingerprint density at radius 3 is 2.66 bits per heavy atom. The number of carbonyl (C=O) groups is 2. The number of nitrogens with one attached hydrogen (secondary N) is 1. The molecular weight excluding hydrogens is 386 g/mol. The lowest BCUT2D eigenvalue weighted by atomic mass is 10.0. The summed E-state index contributed by atoms with van der Waals surface area (Å²) in [6.45, 7) is 3.80. The quantitative estimate of drug-likeness (QED) is 0.484. The molecule has 0 fully saturated rings. The normalized spacial score (nSPS) is 10.8. The largest absolute Gasteiger partial charge is 0.462 e. The first-order valence-electron chi connectivity index (χ1n) is 9.19. The molecule has 0 aliphatic heterocycles. The molecule has 6 nitrogen and oxygen atoms in total. The maximum Gasteiger partial charge on any atom is 0.341 e. The highest BCUT2D eigenvalue weighted by Crippen LogP contribution is 2.36. The molecule has 29 heavy (non-hydrogen) atoms. The van der Waals surface area contributed by atoms with E-state index in [9.17, 15) is 9.59 Å². The summed E-state index contributed by atoms with van der Waals surface area (Å²) in [6.07, 6.45) is 1.79. The number of imidazole rings is 1. The molecule has 1 aromatic carbocycles. The summed E-state index contributed by atoms with van der Waals surface area (Å²) in [6, 6.07) is 15.1. The fourth-order valence-electron chi connectivity index (χ4n) is 3.24. The third-order valence-electron chi connectivity index (χ3n) is 4.50. The number of nitrogens with zero attached hydrogens (tertiary/aromatic N) is 2. The monoisotopic (exact) mass is 405 g/mol.